The molecule has 1 aromatic rings. The molecule has 0 aromatic heterocycles. The van der Waals surface area contributed by atoms with Crippen molar-refractivity contribution in [1.82, 2.24) is 4.90 Å². The molecular weight excluding hydrogens is 369 g/mol. The largest absolute Gasteiger partial charge is 0.527 e. The first-order valence-corrected chi connectivity index (χ1v) is 10.7. The summed E-state index contributed by atoms with van der Waals surface area (Å²) in [6, 6.07) is 7.79. The molecule has 8 heteroatoms. The van der Waals surface area contributed by atoms with Crippen molar-refractivity contribution in [2.45, 2.75) is 64.5 Å². The fraction of sp³-hybridized carbons (Fsp3) is 0.579. The Morgan fingerprint density at radius 1 is 1.11 bits per heavy atom. The lowest BCUT2D eigenvalue weighted by Gasteiger charge is -2.24. The fourth-order valence-corrected chi connectivity index (χ4v) is 3.32. The minimum absolute atomic E-state index is 0.0260. The second kappa shape index (κ2) is 13.2. The number of hydrogen-bond donors (Lipinski definition) is 2. The average Bonchev–Trinajstić information content (AvgIpc) is 2.64. The standard InChI is InChI=1S/C19H28NO6P/c1-2-3-4-5-6-10-13-17(18(21)22)20(15-27(24)25)19(23)26-14-16-11-8-7-9-12-16/h7-9,11-12,17H,2-6,10,13-15H2,1H3,(H-,21,22,24,25)/p+1. The minimum Gasteiger partial charge on any atom is -0.480 e. The topological polar surface area (TPSA) is 104 Å². The zero-order valence-electron chi connectivity index (χ0n) is 15.7. The van der Waals surface area contributed by atoms with Crippen LogP contribution in [0.25, 0.3) is 0 Å². The second-order valence-electron chi connectivity index (χ2n) is 6.41. The lowest BCUT2D eigenvalue weighted by Crippen LogP contribution is -2.45. The molecule has 0 aliphatic carbocycles. The van der Waals surface area contributed by atoms with E-state index in [1.807, 2.05) is 6.07 Å². The number of carboxylic acid groups (broad SMARTS) is 1. The van der Waals surface area contributed by atoms with Gasteiger partial charge in [0.25, 0.3) is 6.29 Å². The number of nitrogens with zero attached hydrogens (tertiary/aromatic N) is 1. The third kappa shape index (κ3) is 9.50. The summed E-state index contributed by atoms with van der Waals surface area (Å²) in [6.07, 6.45) is 4.64. The first kappa shape index (κ1) is 23.1. The van der Waals surface area contributed by atoms with Gasteiger partial charge in [0.05, 0.1) is 0 Å². The van der Waals surface area contributed by atoms with Crippen molar-refractivity contribution in [3.63, 3.8) is 0 Å². The molecule has 0 bridgehead atoms. The van der Waals surface area contributed by atoms with Crippen LogP contribution < -0.4 is 0 Å². The molecular formula is C19H29NO6P+. The molecule has 0 aliphatic heterocycles. The predicted octanol–water partition coefficient (Wildman–Crippen LogP) is 4.52. The van der Waals surface area contributed by atoms with E-state index in [2.05, 4.69) is 6.92 Å². The highest BCUT2D eigenvalue weighted by Gasteiger charge is 2.35. The molecule has 7 nitrogen and oxygen atoms in total. The summed E-state index contributed by atoms with van der Waals surface area (Å²) in [5.41, 5.74) is 0.752. The van der Waals surface area contributed by atoms with E-state index in [0.29, 0.717) is 6.42 Å². The van der Waals surface area contributed by atoms with Crippen LogP contribution in [0.15, 0.2) is 30.3 Å². The number of ether oxygens (including phenoxy) is 1. The number of carbonyl (C=O) groups is 2. The number of benzene rings is 1. The Hall–Kier alpha value is -1.98. The van der Waals surface area contributed by atoms with Gasteiger partial charge in [0, 0.05) is 0 Å². The molecule has 2 atom stereocenters. The highest BCUT2D eigenvalue weighted by molar-refractivity contribution is 7.37. The van der Waals surface area contributed by atoms with Gasteiger partial charge in [-0.05, 0) is 16.5 Å². The molecule has 2 unspecified atom stereocenters. The first-order valence-electron chi connectivity index (χ1n) is 9.29. The van der Waals surface area contributed by atoms with E-state index in [1.165, 1.54) is 0 Å². The predicted molar refractivity (Wildman–Crippen MR) is 103 cm³/mol. The molecule has 1 aromatic carbocycles. The van der Waals surface area contributed by atoms with Crippen LogP contribution in [0.5, 0.6) is 0 Å². The Labute approximate surface area is 161 Å². The molecule has 0 radical (unpaired) electrons. The molecule has 1 amide bonds. The van der Waals surface area contributed by atoms with Crippen LogP contribution in [0.1, 0.15) is 57.4 Å². The van der Waals surface area contributed by atoms with Crippen LogP contribution in [0, 0.1) is 0 Å². The molecule has 0 saturated carbocycles. The number of aliphatic carboxylic acids is 1. The maximum absolute atomic E-state index is 12.4. The molecule has 0 aliphatic rings. The quantitative estimate of drug-likeness (QED) is 0.374. The Kier molecular flexibility index (Phi) is 11.3. The highest BCUT2D eigenvalue weighted by Crippen LogP contribution is 2.22. The third-order valence-corrected chi connectivity index (χ3v) is 4.75. The zero-order chi connectivity index (χ0) is 20.1. The number of unbranched alkanes of at least 4 members (excludes halogenated alkanes) is 5. The van der Waals surface area contributed by atoms with Gasteiger partial charge in [0.1, 0.15) is 12.6 Å². The molecule has 150 valence electrons. The Morgan fingerprint density at radius 2 is 1.74 bits per heavy atom. The van der Waals surface area contributed by atoms with Crippen LogP contribution >= 0.6 is 8.03 Å². The van der Waals surface area contributed by atoms with Crippen LogP contribution in [0.4, 0.5) is 4.79 Å². The van der Waals surface area contributed by atoms with Crippen molar-refractivity contribution < 1.29 is 28.9 Å². The van der Waals surface area contributed by atoms with Gasteiger partial charge in [-0.1, -0.05) is 75.8 Å². The van der Waals surface area contributed by atoms with E-state index >= 15 is 0 Å². The highest BCUT2D eigenvalue weighted by atomic mass is 31.1. The van der Waals surface area contributed by atoms with E-state index in [0.717, 1.165) is 42.6 Å². The summed E-state index contributed by atoms with van der Waals surface area (Å²) in [7, 11) is -2.71. The normalized spacial score (nSPS) is 12.3. The van der Waals surface area contributed by atoms with Crippen molar-refractivity contribution in [2.24, 2.45) is 0 Å². The number of amides is 1. The van der Waals surface area contributed by atoms with E-state index in [9.17, 15) is 24.2 Å². The van der Waals surface area contributed by atoms with Gasteiger partial charge >= 0.3 is 20.1 Å². The first-order chi connectivity index (χ1) is 13.0. The number of carboxylic acids is 1. The summed E-state index contributed by atoms with van der Waals surface area (Å²) in [6.45, 7) is 2.09. The molecule has 1 rings (SSSR count). The summed E-state index contributed by atoms with van der Waals surface area (Å²) in [4.78, 5) is 34.1. The summed E-state index contributed by atoms with van der Waals surface area (Å²) >= 11 is 0. The Bertz CT molecular complexity index is 595. The maximum Gasteiger partial charge on any atom is 0.527 e. The number of rotatable bonds is 13. The van der Waals surface area contributed by atoms with Gasteiger partial charge in [-0.15, -0.1) is 0 Å². The van der Waals surface area contributed by atoms with Gasteiger partial charge in [-0.25, -0.2) is 14.5 Å². The zero-order valence-corrected chi connectivity index (χ0v) is 16.6. The van der Waals surface area contributed by atoms with Crippen LogP contribution in [0.2, 0.25) is 0 Å². The van der Waals surface area contributed by atoms with Gasteiger partial charge in [0.2, 0.25) is 0 Å². The minimum atomic E-state index is -2.71. The Morgan fingerprint density at radius 3 is 2.33 bits per heavy atom. The van der Waals surface area contributed by atoms with Gasteiger partial charge in [-0.2, -0.15) is 4.89 Å². The Balaban J connectivity index is 2.66. The molecule has 2 N–H and O–H groups in total. The van der Waals surface area contributed by atoms with E-state index in [1.54, 1.807) is 24.3 Å². The van der Waals surface area contributed by atoms with Crippen molar-refractivity contribution >= 4 is 20.1 Å². The number of carbonyl (C=O) groups excluding carboxylic acids is 1. The van der Waals surface area contributed by atoms with Crippen molar-refractivity contribution in [3.05, 3.63) is 35.9 Å². The van der Waals surface area contributed by atoms with Crippen LogP contribution in [-0.2, 0) is 20.7 Å². The van der Waals surface area contributed by atoms with Gasteiger partial charge in [0.15, 0.2) is 0 Å². The van der Waals surface area contributed by atoms with Crippen molar-refractivity contribution in [3.8, 4) is 0 Å². The maximum atomic E-state index is 12.4. The van der Waals surface area contributed by atoms with Crippen molar-refractivity contribution in [1.29, 1.82) is 0 Å². The fourth-order valence-electron chi connectivity index (χ4n) is 2.75. The monoisotopic (exact) mass is 398 g/mol. The molecule has 0 fully saturated rings. The summed E-state index contributed by atoms with van der Waals surface area (Å²) < 4.78 is 16.4. The van der Waals surface area contributed by atoms with E-state index in [-0.39, 0.29) is 13.0 Å². The third-order valence-electron chi connectivity index (χ3n) is 4.21. The lowest BCUT2D eigenvalue weighted by molar-refractivity contribution is -0.142. The number of hydrogen-bond acceptors (Lipinski definition) is 4. The smallest absolute Gasteiger partial charge is 0.480 e. The van der Waals surface area contributed by atoms with Gasteiger partial charge < -0.3 is 9.84 Å². The summed E-state index contributed by atoms with van der Waals surface area (Å²) in [5.74, 6) is -1.20. The summed E-state index contributed by atoms with van der Waals surface area (Å²) in [5, 5.41) is 9.51. The molecule has 0 saturated heterocycles. The lowest BCUT2D eigenvalue weighted by atomic mass is 10.1. The van der Waals surface area contributed by atoms with E-state index in [4.69, 9.17) is 4.74 Å². The SMILES string of the molecule is CCCCCCCCC(C(=O)O)N(C[P+](=O)O)C(=O)OCc1ccccc1. The van der Waals surface area contributed by atoms with E-state index < -0.39 is 32.4 Å². The molecule has 0 heterocycles. The van der Waals surface area contributed by atoms with Gasteiger partial charge in [-0.3, -0.25) is 0 Å². The van der Waals surface area contributed by atoms with Crippen LogP contribution in [-0.4, -0.2) is 39.3 Å². The molecule has 0 spiro atoms. The molecule has 27 heavy (non-hydrogen) atoms. The average molecular weight is 398 g/mol. The van der Waals surface area contributed by atoms with Crippen molar-refractivity contribution in [2.75, 3.05) is 6.29 Å². The second-order valence-corrected chi connectivity index (χ2v) is 7.40. The van der Waals surface area contributed by atoms with Crippen LogP contribution in [0.3, 0.4) is 0 Å².